The van der Waals surface area contributed by atoms with E-state index in [0.717, 1.165) is 30.1 Å². The largest absolute Gasteiger partial charge is 0.462 e. The van der Waals surface area contributed by atoms with Gasteiger partial charge in [-0.1, -0.05) is 6.92 Å². The summed E-state index contributed by atoms with van der Waals surface area (Å²) in [6.45, 7) is 4.89. The summed E-state index contributed by atoms with van der Waals surface area (Å²) in [7, 11) is 0. The predicted octanol–water partition coefficient (Wildman–Crippen LogP) is 3.24. The maximum absolute atomic E-state index is 13.8. The van der Waals surface area contributed by atoms with Gasteiger partial charge in [-0.05, 0) is 44.4 Å². The average Bonchev–Trinajstić information content (AvgIpc) is 3.28. The van der Waals surface area contributed by atoms with E-state index in [1.54, 1.807) is 6.92 Å². The van der Waals surface area contributed by atoms with Gasteiger partial charge in [0.1, 0.15) is 11.4 Å². The highest BCUT2D eigenvalue weighted by Crippen LogP contribution is 2.44. The number of carbonyl (C=O) groups excluding carboxylic acids is 2. The summed E-state index contributed by atoms with van der Waals surface area (Å²) < 4.78 is 47.3. The monoisotopic (exact) mass is 428 g/mol. The molecule has 0 aromatic carbocycles. The first-order valence-electron chi connectivity index (χ1n) is 10.6. The normalized spacial score (nSPS) is 31.0. The molecule has 5 atom stereocenters. The van der Waals surface area contributed by atoms with Crippen molar-refractivity contribution in [1.29, 1.82) is 0 Å². The van der Waals surface area contributed by atoms with Gasteiger partial charge in [0.15, 0.2) is 6.04 Å². The van der Waals surface area contributed by atoms with Crippen LogP contribution in [0.3, 0.4) is 0 Å². The number of aromatic nitrogens is 2. The van der Waals surface area contributed by atoms with Crippen molar-refractivity contribution in [3.05, 3.63) is 11.8 Å². The number of nitrogens with zero attached hydrogens (tertiary/aromatic N) is 3. The number of ether oxygens (including phenoxy) is 1. The number of fused-ring (bicyclic) bond motifs is 1. The number of alkyl halides is 3. The molecule has 0 radical (unpaired) electrons. The Labute approximate surface area is 172 Å². The van der Waals surface area contributed by atoms with Crippen molar-refractivity contribution in [3.63, 3.8) is 0 Å². The Morgan fingerprint density at radius 3 is 2.70 bits per heavy atom. The van der Waals surface area contributed by atoms with E-state index in [-0.39, 0.29) is 42.2 Å². The highest BCUT2D eigenvalue weighted by molar-refractivity contribution is 5.94. The zero-order chi connectivity index (χ0) is 21.6. The molecule has 3 aliphatic rings. The number of amides is 1. The highest BCUT2D eigenvalue weighted by Gasteiger charge is 2.49. The fourth-order valence-corrected chi connectivity index (χ4v) is 4.70. The van der Waals surface area contributed by atoms with Crippen molar-refractivity contribution in [2.75, 3.05) is 25.0 Å². The van der Waals surface area contributed by atoms with Gasteiger partial charge >= 0.3 is 12.1 Å². The van der Waals surface area contributed by atoms with Gasteiger partial charge in [0.25, 0.3) is 0 Å². The van der Waals surface area contributed by atoms with E-state index in [0.29, 0.717) is 19.0 Å². The third-order valence-corrected chi connectivity index (χ3v) is 6.53. The molecule has 2 aliphatic heterocycles. The number of carbonyl (C=O) groups is 2. The average molecular weight is 428 g/mol. The lowest BCUT2D eigenvalue weighted by Gasteiger charge is -2.41. The first kappa shape index (κ1) is 21.0. The Bertz CT molecular complexity index is 825. The molecule has 0 unspecified atom stereocenters. The van der Waals surface area contributed by atoms with Gasteiger partial charge in [0.2, 0.25) is 5.91 Å². The zero-order valence-electron chi connectivity index (χ0n) is 17.1. The van der Waals surface area contributed by atoms with E-state index in [9.17, 15) is 22.8 Å². The summed E-state index contributed by atoms with van der Waals surface area (Å²) in [5.41, 5.74) is 0.00588. The minimum atomic E-state index is -4.50. The molecule has 1 amide bonds. The van der Waals surface area contributed by atoms with Gasteiger partial charge in [-0.25, -0.2) is 9.48 Å². The van der Waals surface area contributed by atoms with Gasteiger partial charge in [-0.2, -0.15) is 18.3 Å². The lowest BCUT2D eigenvalue weighted by atomic mass is 9.85. The fourth-order valence-electron chi connectivity index (χ4n) is 4.70. The summed E-state index contributed by atoms with van der Waals surface area (Å²) in [4.78, 5) is 26.7. The minimum absolute atomic E-state index is 0.00588. The Balaban J connectivity index is 1.57. The maximum atomic E-state index is 13.8. The van der Waals surface area contributed by atoms with Crippen LogP contribution in [0.5, 0.6) is 0 Å². The van der Waals surface area contributed by atoms with E-state index < -0.39 is 24.2 Å². The first-order valence-corrected chi connectivity index (χ1v) is 10.6. The quantitative estimate of drug-likeness (QED) is 0.745. The second kappa shape index (κ2) is 7.77. The number of likely N-dealkylation sites (tertiary alicyclic amines) is 1. The molecule has 3 heterocycles. The number of rotatable bonds is 4. The molecule has 1 saturated heterocycles. The zero-order valence-corrected chi connectivity index (χ0v) is 17.1. The van der Waals surface area contributed by atoms with Crippen LogP contribution in [0.25, 0.3) is 0 Å². The first-order chi connectivity index (χ1) is 14.2. The third-order valence-electron chi connectivity index (χ3n) is 6.53. The molecule has 1 aromatic heterocycles. The van der Waals surface area contributed by atoms with Gasteiger partial charge in [0.05, 0.1) is 12.8 Å². The molecule has 1 aliphatic carbocycles. The van der Waals surface area contributed by atoms with E-state index in [1.807, 2.05) is 11.8 Å². The van der Waals surface area contributed by atoms with E-state index in [4.69, 9.17) is 4.74 Å². The molecule has 10 heteroatoms. The summed E-state index contributed by atoms with van der Waals surface area (Å²) >= 11 is 0. The third kappa shape index (κ3) is 3.88. The molecule has 1 saturated carbocycles. The molecule has 1 N–H and O–H groups in total. The summed E-state index contributed by atoms with van der Waals surface area (Å²) in [5, 5.41) is 6.97. The maximum Gasteiger partial charge on any atom is 0.410 e. The Kier molecular flexibility index (Phi) is 5.44. The number of hydrogen-bond donors (Lipinski definition) is 1. The molecule has 30 heavy (non-hydrogen) atoms. The highest BCUT2D eigenvalue weighted by atomic mass is 19.4. The minimum Gasteiger partial charge on any atom is -0.462 e. The topological polar surface area (TPSA) is 76.5 Å². The van der Waals surface area contributed by atoms with Crippen LogP contribution in [0.1, 0.15) is 55.9 Å². The van der Waals surface area contributed by atoms with Crippen molar-refractivity contribution in [3.8, 4) is 0 Å². The number of esters is 1. The summed E-state index contributed by atoms with van der Waals surface area (Å²) in [6.07, 6.45) is -1.17. The predicted molar refractivity (Wildman–Crippen MR) is 102 cm³/mol. The Morgan fingerprint density at radius 2 is 2.07 bits per heavy atom. The number of piperidine rings is 1. The standard InChI is InChI=1S/C20H27F3N4O3/c1-3-30-19(29)14-9-24-27-16(20(21,22)23)8-15(25-17(14)27)12-5-4-6-26(10-12)18(28)13-7-11(13)2/h9,11-13,15-16,25H,3-8,10H2,1-2H3/t11-,12-,13+,15+,16-/m1/s1. The Hall–Kier alpha value is -2.26. The SMILES string of the molecule is CCOC(=O)c1cnn2c1N[C@H]([C@@H]1CCCN(C(=O)[C@H]3C[C@H]3C)C1)C[C@@H]2C(F)(F)F. The second-order valence-corrected chi connectivity index (χ2v) is 8.62. The molecule has 166 valence electrons. The smallest absolute Gasteiger partial charge is 0.410 e. The van der Waals surface area contributed by atoms with Crippen molar-refractivity contribution in [1.82, 2.24) is 14.7 Å². The second-order valence-electron chi connectivity index (χ2n) is 8.62. The van der Waals surface area contributed by atoms with Crippen LogP contribution in [0, 0.1) is 17.8 Å². The van der Waals surface area contributed by atoms with Crippen LogP contribution >= 0.6 is 0 Å². The fraction of sp³-hybridized carbons (Fsp3) is 0.750. The van der Waals surface area contributed by atoms with Gasteiger partial charge in [-0.3, -0.25) is 4.79 Å². The number of anilines is 1. The van der Waals surface area contributed by atoms with Crippen LogP contribution in [-0.2, 0) is 9.53 Å². The van der Waals surface area contributed by atoms with Crippen LogP contribution < -0.4 is 5.32 Å². The van der Waals surface area contributed by atoms with Crippen LogP contribution in [-0.4, -0.2) is 58.5 Å². The van der Waals surface area contributed by atoms with Crippen LogP contribution in [0.15, 0.2) is 6.20 Å². The summed E-state index contributed by atoms with van der Waals surface area (Å²) in [5.74, 6) is -0.208. The van der Waals surface area contributed by atoms with Crippen molar-refractivity contribution >= 4 is 17.7 Å². The van der Waals surface area contributed by atoms with Gasteiger partial charge in [-0.15, -0.1) is 0 Å². The van der Waals surface area contributed by atoms with Gasteiger partial charge < -0.3 is 15.0 Å². The van der Waals surface area contributed by atoms with Crippen molar-refractivity contribution in [2.45, 2.75) is 57.8 Å². The van der Waals surface area contributed by atoms with Crippen LogP contribution in [0.4, 0.5) is 19.0 Å². The number of halogens is 3. The molecule has 0 bridgehead atoms. The van der Waals surface area contributed by atoms with E-state index >= 15 is 0 Å². The molecule has 1 aromatic rings. The van der Waals surface area contributed by atoms with Crippen molar-refractivity contribution < 1.29 is 27.5 Å². The lowest BCUT2D eigenvalue weighted by Crippen LogP contribution is -2.49. The van der Waals surface area contributed by atoms with Gasteiger partial charge in [0, 0.05) is 25.0 Å². The molecule has 2 fully saturated rings. The number of nitrogens with one attached hydrogen (secondary N) is 1. The Morgan fingerprint density at radius 1 is 1.33 bits per heavy atom. The summed E-state index contributed by atoms with van der Waals surface area (Å²) in [6, 6.07) is -2.34. The van der Waals surface area contributed by atoms with E-state index in [2.05, 4.69) is 10.4 Å². The van der Waals surface area contributed by atoms with Crippen molar-refractivity contribution in [2.24, 2.45) is 17.8 Å². The molecule has 0 spiro atoms. The lowest BCUT2D eigenvalue weighted by molar-refractivity contribution is -0.175. The van der Waals surface area contributed by atoms with E-state index in [1.165, 1.54) is 0 Å². The number of hydrogen-bond acceptors (Lipinski definition) is 5. The van der Waals surface area contributed by atoms with Crippen LogP contribution in [0.2, 0.25) is 0 Å². The molecular formula is C20H27F3N4O3. The molecule has 4 rings (SSSR count). The molecular weight excluding hydrogens is 401 g/mol. The molecule has 7 nitrogen and oxygen atoms in total.